The second-order valence-corrected chi connectivity index (χ2v) is 9.90. The van der Waals surface area contributed by atoms with E-state index in [9.17, 15) is 9.59 Å². The fourth-order valence-corrected chi connectivity index (χ4v) is 2.66. The van der Waals surface area contributed by atoms with Crippen LogP contribution in [0.25, 0.3) is 0 Å². The van der Waals surface area contributed by atoms with Crippen LogP contribution in [-0.2, 0) is 10.3 Å². The van der Waals surface area contributed by atoms with E-state index in [0.717, 1.165) is 5.69 Å². The van der Waals surface area contributed by atoms with Crippen LogP contribution in [0.2, 0.25) is 0 Å². The van der Waals surface area contributed by atoms with Crippen LogP contribution in [0.4, 0.5) is 4.79 Å². The SMILES string of the molecule is CC(C)c1cc(C(=O)NCC(NC(=O)OC(C)(C)C)C(C)C)nn1C(C)(C)C. The zero-order valence-corrected chi connectivity index (χ0v) is 19.1. The highest BCUT2D eigenvalue weighted by atomic mass is 16.6. The Kier molecular flexibility index (Phi) is 7.68. The van der Waals surface area contributed by atoms with E-state index in [1.807, 2.05) is 45.4 Å². The van der Waals surface area contributed by atoms with Crippen molar-refractivity contribution in [3.63, 3.8) is 0 Å². The zero-order chi connectivity index (χ0) is 21.9. The normalized spacial score (nSPS) is 13.6. The summed E-state index contributed by atoms with van der Waals surface area (Å²) in [5, 5.41) is 10.3. The predicted octanol–water partition coefficient (Wildman–Crippen LogP) is 4.04. The molecule has 2 amide bonds. The number of alkyl carbamates (subject to hydrolysis) is 1. The first-order valence-corrected chi connectivity index (χ1v) is 10.00. The van der Waals surface area contributed by atoms with Gasteiger partial charge in [0.25, 0.3) is 5.91 Å². The number of aromatic nitrogens is 2. The molecular formula is C21H38N4O3. The predicted molar refractivity (Wildman–Crippen MR) is 112 cm³/mol. The Balaban J connectivity index is 2.84. The highest BCUT2D eigenvalue weighted by molar-refractivity contribution is 5.92. The van der Waals surface area contributed by atoms with Crippen molar-refractivity contribution < 1.29 is 14.3 Å². The summed E-state index contributed by atoms with van der Waals surface area (Å²) in [6, 6.07) is 1.60. The molecule has 0 bridgehead atoms. The molecule has 1 heterocycles. The highest BCUT2D eigenvalue weighted by Crippen LogP contribution is 2.23. The van der Waals surface area contributed by atoms with Crippen molar-refractivity contribution in [3.8, 4) is 0 Å². The Morgan fingerprint density at radius 2 is 1.68 bits per heavy atom. The van der Waals surface area contributed by atoms with E-state index in [4.69, 9.17) is 4.74 Å². The standard InChI is InChI=1S/C21H38N4O3/c1-13(2)16(23-19(27)28-21(8,9)10)12-22-18(26)15-11-17(14(3)4)25(24-15)20(5,6)7/h11,13-14,16H,12H2,1-10H3,(H,22,26)(H,23,27). The molecule has 1 unspecified atom stereocenters. The van der Waals surface area contributed by atoms with Crippen molar-refractivity contribution in [1.82, 2.24) is 20.4 Å². The minimum atomic E-state index is -0.568. The number of nitrogens with one attached hydrogen (secondary N) is 2. The number of carbonyl (C=O) groups excluding carboxylic acids is 2. The van der Waals surface area contributed by atoms with E-state index in [-0.39, 0.29) is 29.3 Å². The van der Waals surface area contributed by atoms with Crippen molar-refractivity contribution in [1.29, 1.82) is 0 Å². The van der Waals surface area contributed by atoms with Crippen LogP contribution < -0.4 is 10.6 Å². The summed E-state index contributed by atoms with van der Waals surface area (Å²) in [7, 11) is 0. The van der Waals surface area contributed by atoms with Crippen LogP contribution in [0, 0.1) is 5.92 Å². The third kappa shape index (κ3) is 7.17. The molecule has 1 atom stereocenters. The Bertz CT molecular complexity index is 679. The number of nitrogens with zero attached hydrogens (tertiary/aromatic N) is 2. The van der Waals surface area contributed by atoms with Gasteiger partial charge in [0.05, 0.1) is 11.6 Å². The largest absolute Gasteiger partial charge is 0.444 e. The van der Waals surface area contributed by atoms with Crippen LogP contribution in [0.15, 0.2) is 6.07 Å². The number of hydrogen-bond donors (Lipinski definition) is 2. The van der Waals surface area contributed by atoms with Gasteiger partial charge in [-0.15, -0.1) is 0 Å². The first kappa shape index (κ1) is 24.0. The maximum Gasteiger partial charge on any atom is 0.407 e. The minimum absolute atomic E-state index is 0.131. The van der Waals surface area contributed by atoms with E-state index in [1.54, 1.807) is 0 Å². The monoisotopic (exact) mass is 394 g/mol. The van der Waals surface area contributed by atoms with Crippen LogP contribution in [0.5, 0.6) is 0 Å². The molecular weight excluding hydrogens is 356 g/mol. The van der Waals surface area contributed by atoms with Crippen molar-refractivity contribution in [2.45, 2.75) is 92.3 Å². The Labute approximate surface area is 169 Å². The molecule has 0 fully saturated rings. The molecule has 160 valence electrons. The molecule has 7 nitrogen and oxygen atoms in total. The van der Waals surface area contributed by atoms with E-state index in [0.29, 0.717) is 12.2 Å². The van der Waals surface area contributed by atoms with Gasteiger partial charge < -0.3 is 15.4 Å². The van der Waals surface area contributed by atoms with Gasteiger partial charge in [-0.3, -0.25) is 9.48 Å². The van der Waals surface area contributed by atoms with Crippen LogP contribution in [0.3, 0.4) is 0 Å². The Morgan fingerprint density at radius 3 is 2.07 bits per heavy atom. The summed E-state index contributed by atoms with van der Waals surface area (Å²) in [4.78, 5) is 24.7. The second kappa shape index (κ2) is 8.97. The first-order chi connectivity index (χ1) is 12.6. The number of hydrogen-bond acceptors (Lipinski definition) is 4. The topological polar surface area (TPSA) is 85.2 Å². The average molecular weight is 395 g/mol. The number of carbonyl (C=O) groups is 2. The maximum atomic E-state index is 12.7. The van der Waals surface area contributed by atoms with Gasteiger partial charge in [0.15, 0.2) is 0 Å². The summed E-state index contributed by atoms with van der Waals surface area (Å²) in [5.74, 6) is 0.137. The fourth-order valence-electron chi connectivity index (χ4n) is 2.66. The van der Waals surface area contributed by atoms with Gasteiger partial charge in [0, 0.05) is 12.2 Å². The molecule has 0 aliphatic carbocycles. The molecule has 1 aromatic heterocycles. The molecule has 1 rings (SSSR count). The molecule has 0 spiro atoms. The lowest BCUT2D eigenvalue weighted by Gasteiger charge is -2.26. The van der Waals surface area contributed by atoms with Crippen molar-refractivity contribution in [2.24, 2.45) is 5.92 Å². The molecule has 0 saturated carbocycles. The second-order valence-electron chi connectivity index (χ2n) is 9.90. The van der Waals surface area contributed by atoms with Gasteiger partial charge >= 0.3 is 6.09 Å². The molecule has 0 saturated heterocycles. The third-order valence-corrected chi connectivity index (χ3v) is 4.19. The molecule has 0 aliphatic heterocycles. The summed E-state index contributed by atoms with van der Waals surface area (Å²) in [6.07, 6.45) is -0.487. The molecule has 0 aromatic carbocycles. The maximum absolute atomic E-state index is 12.7. The van der Waals surface area contributed by atoms with Crippen LogP contribution in [-0.4, -0.2) is 40.0 Å². The Hall–Kier alpha value is -2.05. The average Bonchev–Trinajstić information content (AvgIpc) is 2.94. The summed E-state index contributed by atoms with van der Waals surface area (Å²) in [5.41, 5.74) is 0.627. The fraction of sp³-hybridized carbons (Fsp3) is 0.762. The van der Waals surface area contributed by atoms with E-state index in [2.05, 4.69) is 50.4 Å². The lowest BCUT2D eigenvalue weighted by molar-refractivity contribution is 0.0487. The number of ether oxygens (including phenoxy) is 1. The van der Waals surface area contributed by atoms with E-state index >= 15 is 0 Å². The van der Waals surface area contributed by atoms with Gasteiger partial charge in [-0.05, 0) is 59.4 Å². The summed E-state index contributed by atoms with van der Waals surface area (Å²) >= 11 is 0. The number of amides is 2. The highest BCUT2D eigenvalue weighted by Gasteiger charge is 2.25. The van der Waals surface area contributed by atoms with Crippen LogP contribution in [0.1, 0.15) is 91.3 Å². The van der Waals surface area contributed by atoms with Gasteiger partial charge in [-0.2, -0.15) is 5.10 Å². The third-order valence-electron chi connectivity index (χ3n) is 4.19. The van der Waals surface area contributed by atoms with Gasteiger partial charge in [-0.1, -0.05) is 27.7 Å². The summed E-state index contributed by atoms with van der Waals surface area (Å²) in [6.45, 7) is 20.1. The van der Waals surface area contributed by atoms with Crippen LogP contribution >= 0.6 is 0 Å². The van der Waals surface area contributed by atoms with E-state index < -0.39 is 11.7 Å². The lowest BCUT2D eigenvalue weighted by atomic mass is 10.0. The zero-order valence-electron chi connectivity index (χ0n) is 19.1. The van der Waals surface area contributed by atoms with Gasteiger partial charge in [0.1, 0.15) is 11.3 Å². The van der Waals surface area contributed by atoms with Gasteiger partial charge in [0.2, 0.25) is 0 Å². The molecule has 7 heteroatoms. The molecule has 2 N–H and O–H groups in total. The van der Waals surface area contributed by atoms with Crippen molar-refractivity contribution in [2.75, 3.05) is 6.54 Å². The lowest BCUT2D eigenvalue weighted by Crippen LogP contribution is -2.48. The quantitative estimate of drug-likeness (QED) is 0.762. The van der Waals surface area contributed by atoms with E-state index in [1.165, 1.54) is 0 Å². The molecule has 0 aliphatic rings. The number of rotatable bonds is 6. The minimum Gasteiger partial charge on any atom is -0.444 e. The van der Waals surface area contributed by atoms with Gasteiger partial charge in [-0.25, -0.2) is 4.79 Å². The molecule has 1 aromatic rings. The van der Waals surface area contributed by atoms with Crippen molar-refractivity contribution in [3.05, 3.63) is 17.5 Å². The van der Waals surface area contributed by atoms with Crippen molar-refractivity contribution >= 4 is 12.0 Å². The first-order valence-electron chi connectivity index (χ1n) is 10.00. The summed E-state index contributed by atoms with van der Waals surface area (Å²) < 4.78 is 7.22. The Morgan fingerprint density at radius 1 is 1.11 bits per heavy atom. The molecule has 0 radical (unpaired) electrons. The smallest absolute Gasteiger partial charge is 0.407 e. The molecule has 28 heavy (non-hydrogen) atoms.